The van der Waals surface area contributed by atoms with Crippen LogP contribution in [-0.2, 0) is 4.74 Å². The van der Waals surface area contributed by atoms with Gasteiger partial charge in [-0.15, -0.1) is 5.92 Å². The lowest BCUT2D eigenvalue weighted by atomic mass is 10.1. The molecule has 0 saturated carbocycles. The van der Waals surface area contributed by atoms with Gasteiger partial charge in [-0.3, -0.25) is 0 Å². The molecule has 0 aromatic carbocycles. The fourth-order valence-corrected chi connectivity index (χ4v) is 1.62. The van der Waals surface area contributed by atoms with E-state index in [0.29, 0.717) is 12.1 Å². The molecule has 1 fully saturated rings. The third-order valence-electron chi connectivity index (χ3n) is 2.36. The van der Waals surface area contributed by atoms with Crippen molar-refractivity contribution in [1.29, 1.82) is 0 Å². The van der Waals surface area contributed by atoms with Crippen LogP contribution in [0.3, 0.4) is 0 Å². The van der Waals surface area contributed by atoms with Gasteiger partial charge in [-0.05, 0) is 33.1 Å². The Morgan fingerprint density at radius 2 is 2.46 bits per heavy atom. The highest BCUT2D eigenvalue weighted by Crippen LogP contribution is 2.16. The SMILES string of the molecule is CC#CCNC(C)CC1CCCO1. The summed E-state index contributed by atoms with van der Waals surface area (Å²) in [6, 6.07) is 0.518. The predicted octanol–water partition coefficient (Wildman–Crippen LogP) is 1.56. The quantitative estimate of drug-likeness (QED) is 0.664. The van der Waals surface area contributed by atoms with Gasteiger partial charge in [0.25, 0.3) is 0 Å². The summed E-state index contributed by atoms with van der Waals surface area (Å²) in [4.78, 5) is 0. The van der Waals surface area contributed by atoms with Crippen LogP contribution in [0.25, 0.3) is 0 Å². The summed E-state index contributed by atoms with van der Waals surface area (Å²) >= 11 is 0. The molecule has 2 atom stereocenters. The summed E-state index contributed by atoms with van der Waals surface area (Å²) in [6.07, 6.45) is 4.06. The summed E-state index contributed by atoms with van der Waals surface area (Å²) in [5.41, 5.74) is 0. The van der Waals surface area contributed by atoms with Crippen molar-refractivity contribution in [1.82, 2.24) is 5.32 Å². The van der Waals surface area contributed by atoms with Crippen LogP contribution in [-0.4, -0.2) is 25.3 Å². The van der Waals surface area contributed by atoms with Gasteiger partial charge in [0.05, 0.1) is 12.6 Å². The smallest absolute Gasteiger partial charge is 0.0590 e. The molecular formula is C11H19NO. The Bertz CT molecular complexity index is 186. The van der Waals surface area contributed by atoms with E-state index in [1.165, 1.54) is 12.8 Å². The molecular weight excluding hydrogens is 162 g/mol. The van der Waals surface area contributed by atoms with E-state index in [0.717, 1.165) is 19.6 Å². The molecule has 0 aromatic rings. The molecule has 0 radical (unpaired) electrons. The average molecular weight is 181 g/mol. The molecule has 0 amide bonds. The highest BCUT2D eigenvalue weighted by molar-refractivity contribution is 4.97. The van der Waals surface area contributed by atoms with Crippen LogP contribution in [0.2, 0.25) is 0 Å². The molecule has 1 saturated heterocycles. The van der Waals surface area contributed by atoms with Crippen LogP contribution in [0.1, 0.15) is 33.1 Å². The number of nitrogens with one attached hydrogen (secondary N) is 1. The maximum absolute atomic E-state index is 5.55. The minimum absolute atomic E-state index is 0.483. The molecule has 1 aliphatic rings. The second-order valence-corrected chi connectivity index (χ2v) is 3.58. The molecule has 13 heavy (non-hydrogen) atoms. The molecule has 2 unspecified atom stereocenters. The van der Waals surface area contributed by atoms with Crippen LogP contribution in [0.15, 0.2) is 0 Å². The Labute approximate surface area is 81.0 Å². The summed E-state index contributed by atoms with van der Waals surface area (Å²) in [5, 5.41) is 3.36. The molecule has 2 nitrogen and oxygen atoms in total. The van der Waals surface area contributed by atoms with E-state index in [-0.39, 0.29) is 0 Å². The Morgan fingerprint density at radius 3 is 3.08 bits per heavy atom. The summed E-state index contributed by atoms with van der Waals surface area (Å²) in [5.74, 6) is 5.88. The van der Waals surface area contributed by atoms with Gasteiger partial charge in [-0.25, -0.2) is 0 Å². The fourth-order valence-electron chi connectivity index (χ4n) is 1.62. The second-order valence-electron chi connectivity index (χ2n) is 3.58. The zero-order valence-corrected chi connectivity index (χ0v) is 8.60. The normalized spacial score (nSPS) is 23.7. The van der Waals surface area contributed by atoms with E-state index in [4.69, 9.17) is 4.74 Å². The summed E-state index contributed by atoms with van der Waals surface area (Å²) in [6.45, 7) is 5.81. The zero-order chi connectivity index (χ0) is 9.52. The monoisotopic (exact) mass is 181 g/mol. The Balaban J connectivity index is 2.07. The van der Waals surface area contributed by atoms with Gasteiger partial charge in [-0.2, -0.15) is 0 Å². The third-order valence-corrected chi connectivity index (χ3v) is 2.36. The van der Waals surface area contributed by atoms with Gasteiger partial charge in [0.1, 0.15) is 0 Å². The van der Waals surface area contributed by atoms with Crippen LogP contribution in [0.5, 0.6) is 0 Å². The van der Waals surface area contributed by atoms with E-state index in [9.17, 15) is 0 Å². The number of ether oxygens (including phenoxy) is 1. The van der Waals surface area contributed by atoms with Crippen molar-refractivity contribution in [2.24, 2.45) is 0 Å². The summed E-state index contributed by atoms with van der Waals surface area (Å²) < 4.78 is 5.55. The molecule has 0 aliphatic carbocycles. The van der Waals surface area contributed by atoms with Crippen LogP contribution in [0, 0.1) is 11.8 Å². The van der Waals surface area contributed by atoms with Gasteiger partial charge in [0.2, 0.25) is 0 Å². The molecule has 74 valence electrons. The molecule has 1 N–H and O–H groups in total. The molecule has 0 spiro atoms. The number of hydrogen-bond acceptors (Lipinski definition) is 2. The first-order chi connectivity index (χ1) is 6.33. The van der Waals surface area contributed by atoms with Crippen molar-refractivity contribution < 1.29 is 4.74 Å². The van der Waals surface area contributed by atoms with Gasteiger partial charge in [0, 0.05) is 12.6 Å². The fraction of sp³-hybridized carbons (Fsp3) is 0.818. The minimum atomic E-state index is 0.483. The molecule has 1 aliphatic heterocycles. The highest BCUT2D eigenvalue weighted by atomic mass is 16.5. The summed E-state index contributed by atoms with van der Waals surface area (Å²) in [7, 11) is 0. The first-order valence-corrected chi connectivity index (χ1v) is 5.07. The number of hydrogen-bond donors (Lipinski definition) is 1. The Hall–Kier alpha value is -0.520. The second kappa shape index (κ2) is 6.01. The van der Waals surface area contributed by atoms with Gasteiger partial charge >= 0.3 is 0 Å². The topological polar surface area (TPSA) is 21.3 Å². The molecule has 1 heterocycles. The molecule has 2 heteroatoms. The van der Waals surface area contributed by atoms with Crippen molar-refractivity contribution in [2.45, 2.75) is 45.3 Å². The molecule has 0 aromatic heterocycles. The Morgan fingerprint density at radius 1 is 1.62 bits per heavy atom. The van der Waals surface area contributed by atoms with Crippen molar-refractivity contribution >= 4 is 0 Å². The van der Waals surface area contributed by atoms with E-state index in [1.807, 2.05) is 6.92 Å². The first kappa shape index (κ1) is 10.6. The van der Waals surface area contributed by atoms with E-state index < -0.39 is 0 Å². The third kappa shape index (κ3) is 4.31. The average Bonchev–Trinajstić information content (AvgIpc) is 2.57. The lowest BCUT2D eigenvalue weighted by molar-refractivity contribution is 0.0968. The predicted molar refractivity (Wildman–Crippen MR) is 54.5 cm³/mol. The van der Waals surface area contributed by atoms with E-state index >= 15 is 0 Å². The lowest BCUT2D eigenvalue weighted by Crippen LogP contribution is -2.30. The largest absolute Gasteiger partial charge is 0.378 e. The van der Waals surface area contributed by atoms with E-state index in [2.05, 4.69) is 24.1 Å². The highest BCUT2D eigenvalue weighted by Gasteiger charge is 2.17. The maximum atomic E-state index is 5.55. The first-order valence-electron chi connectivity index (χ1n) is 5.07. The molecule has 0 bridgehead atoms. The van der Waals surface area contributed by atoms with Crippen LogP contribution < -0.4 is 5.32 Å². The number of rotatable bonds is 4. The van der Waals surface area contributed by atoms with Crippen molar-refractivity contribution in [3.8, 4) is 11.8 Å². The van der Waals surface area contributed by atoms with E-state index in [1.54, 1.807) is 0 Å². The zero-order valence-electron chi connectivity index (χ0n) is 8.60. The van der Waals surface area contributed by atoms with Crippen molar-refractivity contribution in [3.63, 3.8) is 0 Å². The van der Waals surface area contributed by atoms with Crippen LogP contribution >= 0.6 is 0 Å². The standard InChI is InChI=1S/C11H19NO/c1-3-4-7-12-10(2)9-11-6-5-8-13-11/h10-12H,5-9H2,1-2H3. The van der Waals surface area contributed by atoms with Gasteiger partial charge in [-0.1, -0.05) is 5.92 Å². The minimum Gasteiger partial charge on any atom is -0.378 e. The lowest BCUT2D eigenvalue weighted by Gasteiger charge is -2.16. The maximum Gasteiger partial charge on any atom is 0.0590 e. The van der Waals surface area contributed by atoms with Crippen molar-refractivity contribution in [3.05, 3.63) is 0 Å². The van der Waals surface area contributed by atoms with Gasteiger partial charge < -0.3 is 10.1 Å². The van der Waals surface area contributed by atoms with Crippen molar-refractivity contribution in [2.75, 3.05) is 13.2 Å². The molecule has 1 rings (SSSR count). The van der Waals surface area contributed by atoms with Crippen LogP contribution in [0.4, 0.5) is 0 Å². The van der Waals surface area contributed by atoms with Gasteiger partial charge in [0.15, 0.2) is 0 Å². The Kier molecular flexibility index (Phi) is 4.88.